The Morgan fingerprint density at radius 2 is 1.92 bits per heavy atom. The zero-order chi connectivity index (χ0) is 8.97. The molecule has 0 fully saturated rings. The maximum Gasteiger partial charge on any atom is 0.123 e. The van der Waals surface area contributed by atoms with E-state index in [9.17, 15) is 4.39 Å². The average molecular weight is 162 g/mol. The van der Waals surface area contributed by atoms with Crippen LogP contribution < -0.4 is 0 Å². The van der Waals surface area contributed by atoms with E-state index >= 15 is 0 Å². The summed E-state index contributed by atoms with van der Waals surface area (Å²) in [5, 5.41) is 0. The Morgan fingerprint density at radius 1 is 1.33 bits per heavy atom. The number of benzene rings is 1. The molecule has 1 aromatic carbocycles. The second-order valence-corrected chi connectivity index (χ2v) is 2.46. The maximum atomic E-state index is 12.5. The minimum absolute atomic E-state index is 0.210. The van der Waals surface area contributed by atoms with Gasteiger partial charge in [0.15, 0.2) is 0 Å². The summed E-state index contributed by atoms with van der Waals surface area (Å²) in [6.07, 6.45) is 3.70. The van der Waals surface area contributed by atoms with E-state index in [4.69, 9.17) is 0 Å². The highest BCUT2D eigenvalue weighted by atomic mass is 19.1. The molecule has 1 rings (SSSR count). The highest BCUT2D eigenvalue weighted by molar-refractivity contribution is 5.72. The van der Waals surface area contributed by atoms with Crippen LogP contribution in [0.3, 0.4) is 0 Å². The van der Waals surface area contributed by atoms with E-state index in [1.807, 2.05) is 13.0 Å². The lowest BCUT2D eigenvalue weighted by Crippen LogP contribution is -1.80. The van der Waals surface area contributed by atoms with E-state index in [0.29, 0.717) is 0 Å². The summed E-state index contributed by atoms with van der Waals surface area (Å²) in [6, 6.07) is 6.38. The van der Waals surface area contributed by atoms with Crippen LogP contribution >= 0.6 is 0 Å². The van der Waals surface area contributed by atoms with Gasteiger partial charge in [-0.15, -0.1) is 0 Å². The van der Waals surface area contributed by atoms with Crippen molar-refractivity contribution in [2.45, 2.75) is 6.92 Å². The van der Waals surface area contributed by atoms with Crippen LogP contribution in [0.4, 0.5) is 4.39 Å². The van der Waals surface area contributed by atoms with Crippen molar-refractivity contribution in [2.75, 3.05) is 0 Å². The van der Waals surface area contributed by atoms with Gasteiger partial charge < -0.3 is 0 Å². The highest BCUT2D eigenvalue weighted by Crippen LogP contribution is 2.15. The van der Waals surface area contributed by atoms with Gasteiger partial charge in [0.2, 0.25) is 0 Å². The van der Waals surface area contributed by atoms with Gasteiger partial charge in [0, 0.05) is 0 Å². The zero-order valence-corrected chi connectivity index (χ0v) is 7.05. The minimum atomic E-state index is -0.210. The Hall–Kier alpha value is -1.37. The lowest BCUT2D eigenvalue weighted by Gasteiger charge is -1.99. The van der Waals surface area contributed by atoms with Crippen LogP contribution in [-0.4, -0.2) is 0 Å². The van der Waals surface area contributed by atoms with Crippen LogP contribution in [0, 0.1) is 5.82 Å². The molecule has 0 aromatic heterocycles. The predicted octanol–water partition coefficient (Wildman–Crippen LogP) is 3.42. The SMILES string of the molecule is C=C/C(=C\C)c1ccc(F)cc1. The molecule has 12 heavy (non-hydrogen) atoms. The summed E-state index contributed by atoms with van der Waals surface area (Å²) >= 11 is 0. The van der Waals surface area contributed by atoms with Crippen molar-refractivity contribution in [1.29, 1.82) is 0 Å². The highest BCUT2D eigenvalue weighted by Gasteiger charge is 1.95. The van der Waals surface area contributed by atoms with Crippen molar-refractivity contribution in [2.24, 2.45) is 0 Å². The fourth-order valence-electron chi connectivity index (χ4n) is 1.04. The van der Waals surface area contributed by atoms with Gasteiger partial charge in [-0.3, -0.25) is 0 Å². The molecule has 0 saturated heterocycles. The fourth-order valence-corrected chi connectivity index (χ4v) is 1.04. The number of allylic oxidation sites excluding steroid dienone is 3. The van der Waals surface area contributed by atoms with Gasteiger partial charge in [-0.05, 0) is 30.2 Å². The van der Waals surface area contributed by atoms with Crippen molar-refractivity contribution in [3.8, 4) is 0 Å². The smallest absolute Gasteiger partial charge is 0.123 e. The molecule has 62 valence electrons. The topological polar surface area (TPSA) is 0 Å². The van der Waals surface area contributed by atoms with E-state index in [1.54, 1.807) is 18.2 Å². The van der Waals surface area contributed by atoms with E-state index in [1.165, 1.54) is 12.1 Å². The fraction of sp³-hybridized carbons (Fsp3) is 0.0909. The molecule has 0 heterocycles. The van der Waals surface area contributed by atoms with E-state index in [2.05, 4.69) is 6.58 Å². The molecular weight excluding hydrogens is 151 g/mol. The van der Waals surface area contributed by atoms with Gasteiger partial charge in [-0.2, -0.15) is 0 Å². The predicted molar refractivity (Wildman–Crippen MR) is 50.2 cm³/mol. The molecule has 0 saturated carbocycles. The molecular formula is C11H11F. The van der Waals surface area contributed by atoms with Gasteiger partial charge in [-0.25, -0.2) is 4.39 Å². The Morgan fingerprint density at radius 3 is 2.33 bits per heavy atom. The number of hydrogen-bond donors (Lipinski definition) is 0. The molecule has 0 atom stereocenters. The Labute approximate surface area is 72.0 Å². The minimum Gasteiger partial charge on any atom is -0.207 e. The molecule has 0 radical (unpaired) electrons. The second-order valence-electron chi connectivity index (χ2n) is 2.46. The summed E-state index contributed by atoms with van der Waals surface area (Å²) in [5.74, 6) is -0.210. The van der Waals surface area contributed by atoms with Crippen LogP contribution in [0.15, 0.2) is 43.0 Å². The maximum absolute atomic E-state index is 12.5. The molecule has 0 amide bonds. The Bertz CT molecular complexity index is 293. The molecule has 1 aromatic rings. The first-order chi connectivity index (χ1) is 5.77. The molecule has 0 N–H and O–H groups in total. The third-order valence-corrected chi connectivity index (χ3v) is 1.71. The third-order valence-electron chi connectivity index (χ3n) is 1.71. The van der Waals surface area contributed by atoms with Crippen LogP contribution in [0.5, 0.6) is 0 Å². The van der Waals surface area contributed by atoms with Gasteiger partial charge in [0.1, 0.15) is 5.82 Å². The molecule has 0 bridgehead atoms. The first-order valence-electron chi connectivity index (χ1n) is 3.82. The van der Waals surface area contributed by atoms with Crippen molar-refractivity contribution >= 4 is 5.57 Å². The van der Waals surface area contributed by atoms with Gasteiger partial charge in [0.05, 0.1) is 0 Å². The van der Waals surface area contributed by atoms with Crippen molar-refractivity contribution in [1.82, 2.24) is 0 Å². The van der Waals surface area contributed by atoms with E-state index < -0.39 is 0 Å². The number of halogens is 1. The normalized spacial score (nSPS) is 11.3. The Balaban J connectivity index is 3.04. The summed E-state index contributed by atoms with van der Waals surface area (Å²) in [5.41, 5.74) is 2.02. The molecule has 0 aliphatic heterocycles. The number of hydrogen-bond acceptors (Lipinski definition) is 0. The lowest BCUT2D eigenvalue weighted by atomic mass is 10.1. The molecule has 0 aliphatic rings. The standard InChI is InChI=1S/C11H11F/c1-3-9(4-2)10-5-7-11(12)8-6-10/h3-8H,1H2,2H3/b9-4+. The zero-order valence-electron chi connectivity index (χ0n) is 7.05. The van der Waals surface area contributed by atoms with E-state index in [-0.39, 0.29) is 5.82 Å². The Kier molecular flexibility index (Phi) is 2.81. The monoisotopic (exact) mass is 162 g/mol. The molecule has 1 heteroatoms. The summed E-state index contributed by atoms with van der Waals surface area (Å²) in [6.45, 7) is 5.60. The van der Waals surface area contributed by atoms with Crippen molar-refractivity contribution in [3.05, 3.63) is 54.4 Å². The average Bonchev–Trinajstić information content (AvgIpc) is 2.10. The van der Waals surface area contributed by atoms with Gasteiger partial charge in [-0.1, -0.05) is 30.9 Å². The van der Waals surface area contributed by atoms with Gasteiger partial charge in [0.25, 0.3) is 0 Å². The first-order valence-corrected chi connectivity index (χ1v) is 3.82. The summed E-state index contributed by atoms with van der Waals surface area (Å²) < 4.78 is 12.5. The third kappa shape index (κ3) is 1.82. The van der Waals surface area contributed by atoms with E-state index in [0.717, 1.165) is 11.1 Å². The van der Waals surface area contributed by atoms with Crippen molar-refractivity contribution < 1.29 is 4.39 Å². The van der Waals surface area contributed by atoms with Gasteiger partial charge >= 0.3 is 0 Å². The summed E-state index contributed by atoms with van der Waals surface area (Å²) in [4.78, 5) is 0. The quantitative estimate of drug-likeness (QED) is 0.584. The van der Waals surface area contributed by atoms with Crippen LogP contribution in [0.1, 0.15) is 12.5 Å². The van der Waals surface area contributed by atoms with Crippen LogP contribution in [-0.2, 0) is 0 Å². The number of rotatable bonds is 2. The lowest BCUT2D eigenvalue weighted by molar-refractivity contribution is 0.627. The summed E-state index contributed by atoms with van der Waals surface area (Å²) in [7, 11) is 0. The first kappa shape index (κ1) is 8.72. The second kappa shape index (κ2) is 3.86. The molecule has 0 unspecified atom stereocenters. The van der Waals surface area contributed by atoms with Crippen molar-refractivity contribution in [3.63, 3.8) is 0 Å². The molecule has 0 aliphatic carbocycles. The molecule has 0 spiro atoms. The molecule has 0 nitrogen and oxygen atoms in total. The van der Waals surface area contributed by atoms with Crippen LogP contribution in [0.25, 0.3) is 5.57 Å². The van der Waals surface area contributed by atoms with Crippen LogP contribution in [0.2, 0.25) is 0 Å². The largest absolute Gasteiger partial charge is 0.207 e.